The zero-order valence-electron chi connectivity index (χ0n) is 10.1. The topological polar surface area (TPSA) is 90.2 Å². The molecule has 0 bridgehead atoms. The van der Waals surface area contributed by atoms with E-state index in [9.17, 15) is 10.1 Å². The fourth-order valence-electron chi connectivity index (χ4n) is 1.37. The first-order valence-electron chi connectivity index (χ1n) is 5.33. The summed E-state index contributed by atoms with van der Waals surface area (Å²) in [6, 6.07) is 3.95. The van der Waals surface area contributed by atoms with Crippen LogP contribution in [0.15, 0.2) is 24.4 Å². The van der Waals surface area contributed by atoms with E-state index in [0.29, 0.717) is 5.02 Å². The molecule has 0 fully saturated rings. The van der Waals surface area contributed by atoms with Crippen molar-refractivity contribution >= 4 is 34.8 Å². The monoisotopic (exact) mass is 314 g/mol. The molecule has 20 heavy (non-hydrogen) atoms. The molecule has 0 amide bonds. The first kappa shape index (κ1) is 14.3. The summed E-state index contributed by atoms with van der Waals surface area (Å²) in [6.07, 6.45) is 1.33. The van der Waals surface area contributed by atoms with Crippen LogP contribution in [-0.4, -0.2) is 21.9 Å². The predicted molar refractivity (Wildman–Crippen MR) is 74.8 cm³/mol. The first-order valence-corrected chi connectivity index (χ1v) is 6.09. The summed E-state index contributed by atoms with van der Waals surface area (Å²) in [7, 11) is 1.62. The second kappa shape index (κ2) is 5.89. The van der Waals surface area contributed by atoms with Crippen molar-refractivity contribution in [2.75, 3.05) is 12.4 Å². The van der Waals surface area contributed by atoms with Crippen LogP contribution in [0.2, 0.25) is 10.0 Å². The molecular weight excluding hydrogens is 307 g/mol. The molecule has 1 heterocycles. The van der Waals surface area contributed by atoms with Gasteiger partial charge in [0.05, 0.1) is 11.1 Å². The average Bonchev–Trinajstić information content (AvgIpc) is 2.41. The second-order valence-electron chi connectivity index (χ2n) is 3.57. The minimum atomic E-state index is -0.584. The molecule has 7 nitrogen and oxygen atoms in total. The van der Waals surface area contributed by atoms with Gasteiger partial charge in [0, 0.05) is 24.2 Å². The summed E-state index contributed by atoms with van der Waals surface area (Å²) >= 11 is 11.7. The lowest BCUT2D eigenvalue weighted by atomic mass is 10.3. The van der Waals surface area contributed by atoms with E-state index in [1.165, 1.54) is 24.4 Å². The van der Waals surface area contributed by atoms with Gasteiger partial charge in [0.2, 0.25) is 17.6 Å². The number of nitro benzene ring substituents is 1. The van der Waals surface area contributed by atoms with Crippen molar-refractivity contribution in [2.45, 2.75) is 0 Å². The molecule has 1 aromatic carbocycles. The number of halogens is 2. The Kier molecular flexibility index (Phi) is 4.21. The van der Waals surface area contributed by atoms with Crippen LogP contribution in [0.3, 0.4) is 0 Å². The third-order valence-electron chi connectivity index (χ3n) is 2.26. The maximum atomic E-state index is 10.9. The van der Waals surface area contributed by atoms with Crippen LogP contribution in [-0.2, 0) is 0 Å². The van der Waals surface area contributed by atoms with Gasteiger partial charge < -0.3 is 10.1 Å². The number of anilines is 1. The van der Waals surface area contributed by atoms with Crippen molar-refractivity contribution in [1.29, 1.82) is 0 Å². The normalized spacial score (nSPS) is 10.2. The Morgan fingerprint density at radius 3 is 2.80 bits per heavy atom. The minimum absolute atomic E-state index is 0.00335. The fraction of sp³-hybridized carbons (Fsp3) is 0.0909. The number of ether oxygens (including phenoxy) is 1. The second-order valence-corrected chi connectivity index (χ2v) is 4.41. The van der Waals surface area contributed by atoms with Gasteiger partial charge in [0.1, 0.15) is 5.02 Å². The van der Waals surface area contributed by atoms with E-state index in [1.54, 1.807) is 7.05 Å². The van der Waals surface area contributed by atoms with Crippen molar-refractivity contribution in [3.63, 3.8) is 0 Å². The van der Waals surface area contributed by atoms with Crippen molar-refractivity contribution in [3.8, 4) is 11.6 Å². The Bertz CT molecular complexity index is 666. The average molecular weight is 315 g/mol. The summed E-state index contributed by atoms with van der Waals surface area (Å²) in [5, 5.41) is 14.1. The lowest BCUT2D eigenvalue weighted by Crippen LogP contribution is -1.99. The Balaban J connectivity index is 2.43. The number of benzene rings is 1. The van der Waals surface area contributed by atoms with Crippen LogP contribution in [0.5, 0.6) is 11.6 Å². The molecule has 0 atom stereocenters. The third-order valence-corrected chi connectivity index (χ3v) is 2.76. The van der Waals surface area contributed by atoms with E-state index in [0.717, 1.165) is 0 Å². The highest BCUT2D eigenvalue weighted by atomic mass is 35.5. The number of hydrogen-bond acceptors (Lipinski definition) is 6. The van der Waals surface area contributed by atoms with Crippen molar-refractivity contribution in [1.82, 2.24) is 9.97 Å². The number of hydrogen-bond donors (Lipinski definition) is 1. The van der Waals surface area contributed by atoms with E-state index in [4.69, 9.17) is 27.9 Å². The Morgan fingerprint density at radius 1 is 1.40 bits per heavy atom. The highest BCUT2D eigenvalue weighted by Crippen LogP contribution is 2.35. The van der Waals surface area contributed by atoms with Crippen molar-refractivity contribution in [2.24, 2.45) is 0 Å². The molecule has 1 N–H and O–H groups in total. The molecule has 0 saturated heterocycles. The smallest absolute Gasteiger partial charge is 0.311 e. The molecule has 104 valence electrons. The summed E-state index contributed by atoms with van der Waals surface area (Å²) < 4.78 is 5.38. The number of rotatable bonds is 4. The third kappa shape index (κ3) is 3.06. The van der Waals surface area contributed by atoms with Crippen molar-refractivity contribution in [3.05, 3.63) is 44.6 Å². The van der Waals surface area contributed by atoms with Gasteiger partial charge >= 0.3 is 5.69 Å². The molecule has 9 heteroatoms. The maximum absolute atomic E-state index is 10.9. The molecule has 1 aromatic heterocycles. The summed E-state index contributed by atoms with van der Waals surface area (Å²) in [6.45, 7) is 0. The molecule has 2 aromatic rings. The largest absolute Gasteiger partial charge is 0.430 e. The minimum Gasteiger partial charge on any atom is -0.430 e. The van der Waals surface area contributed by atoms with Crippen LogP contribution in [0.1, 0.15) is 0 Å². The van der Waals surface area contributed by atoms with Gasteiger partial charge in [0.25, 0.3) is 0 Å². The van der Waals surface area contributed by atoms with E-state index < -0.39 is 4.92 Å². The van der Waals surface area contributed by atoms with Crippen LogP contribution in [0.25, 0.3) is 0 Å². The van der Waals surface area contributed by atoms with E-state index in [2.05, 4.69) is 15.3 Å². The van der Waals surface area contributed by atoms with E-state index >= 15 is 0 Å². The molecule has 0 aliphatic carbocycles. The standard InChI is InChI=1S/C11H8Cl2N4O3/c1-14-11-15-5-7(13)10(16-11)20-9-4-6(12)2-3-8(9)17(18)19/h2-5H,1H3,(H,14,15,16). The lowest BCUT2D eigenvalue weighted by molar-refractivity contribution is -0.385. The van der Waals surface area contributed by atoms with Crippen LogP contribution in [0.4, 0.5) is 11.6 Å². The Hall–Kier alpha value is -2.12. The van der Waals surface area contributed by atoms with Crippen LogP contribution < -0.4 is 10.1 Å². The van der Waals surface area contributed by atoms with Gasteiger partial charge in [-0.25, -0.2) is 4.98 Å². The molecule has 0 radical (unpaired) electrons. The zero-order chi connectivity index (χ0) is 14.7. The van der Waals surface area contributed by atoms with Gasteiger partial charge in [-0.05, 0) is 6.07 Å². The summed E-state index contributed by atoms with van der Waals surface area (Å²) in [5.41, 5.74) is -0.241. The molecule has 0 saturated carbocycles. The SMILES string of the molecule is CNc1ncc(Cl)c(Oc2cc(Cl)ccc2[N+](=O)[O-])n1. The highest BCUT2D eigenvalue weighted by molar-refractivity contribution is 6.31. The first-order chi connectivity index (χ1) is 9.51. The van der Waals surface area contributed by atoms with Gasteiger partial charge in [0.15, 0.2) is 0 Å². The predicted octanol–water partition coefficient (Wildman–Crippen LogP) is 3.53. The number of nitrogens with one attached hydrogen (secondary N) is 1. The zero-order valence-corrected chi connectivity index (χ0v) is 11.6. The van der Waals surface area contributed by atoms with Gasteiger partial charge in [-0.1, -0.05) is 23.2 Å². The maximum Gasteiger partial charge on any atom is 0.311 e. The van der Waals surface area contributed by atoms with Gasteiger partial charge in [-0.2, -0.15) is 4.98 Å². The summed E-state index contributed by atoms with van der Waals surface area (Å²) in [5.74, 6) is 0.218. The van der Waals surface area contributed by atoms with E-state index in [1.807, 2.05) is 0 Å². The molecule has 0 spiro atoms. The number of aromatic nitrogens is 2. The fourth-order valence-corrected chi connectivity index (χ4v) is 1.66. The molecule has 2 rings (SSSR count). The Morgan fingerprint density at radius 2 is 2.15 bits per heavy atom. The van der Waals surface area contributed by atoms with Crippen molar-refractivity contribution < 1.29 is 9.66 Å². The van der Waals surface area contributed by atoms with Crippen LogP contribution >= 0.6 is 23.2 Å². The lowest BCUT2D eigenvalue weighted by Gasteiger charge is -2.08. The van der Waals surface area contributed by atoms with Gasteiger partial charge in [-0.15, -0.1) is 0 Å². The number of nitrogens with zero attached hydrogens (tertiary/aromatic N) is 3. The molecule has 0 aliphatic heterocycles. The molecule has 0 unspecified atom stereocenters. The van der Waals surface area contributed by atoms with Crippen LogP contribution in [0, 0.1) is 10.1 Å². The van der Waals surface area contributed by atoms with Gasteiger partial charge in [-0.3, -0.25) is 10.1 Å². The van der Waals surface area contributed by atoms with E-state index in [-0.39, 0.29) is 28.3 Å². The number of nitro groups is 1. The quantitative estimate of drug-likeness (QED) is 0.685. The Labute approximate surface area is 123 Å². The molecule has 0 aliphatic rings. The highest BCUT2D eigenvalue weighted by Gasteiger charge is 2.18. The summed E-state index contributed by atoms with van der Waals surface area (Å²) in [4.78, 5) is 18.2. The molecular formula is C11H8Cl2N4O3.